The average Bonchev–Trinajstić information content (AvgIpc) is 2.64. The molecule has 2 aromatic carbocycles. The Hall–Kier alpha value is -2.26. The molecule has 0 bridgehead atoms. The van der Waals surface area contributed by atoms with Crippen LogP contribution in [0.3, 0.4) is 0 Å². The normalized spacial score (nSPS) is 18.0. The molecule has 130 valence electrons. The molecule has 0 spiro atoms. The second kappa shape index (κ2) is 8.21. The van der Waals surface area contributed by atoms with Gasteiger partial charge in [0.2, 0.25) is 0 Å². The number of carbonyl (C=O) groups is 1. The molecule has 1 aliphatic heterocycles. The fourth-order valence-corrected chi connectivity index (χ4v) is 3.39. The summed E-state index contributed by atoms with van der Waals surface area (Å²) >= 11 is 0. The van der Waals surface area contributed by atoms with Crippen molar-refractivity contribution in [1.29, 1.82) is 0 Å². The summed E-state index contributed by atoms with van der Waals surface area (Å²) in [6.45, 7) is 4.00. The maximum absolute atomic E-state index is 13.0. The first kappa shape index (κ1) is 17.6. The molecule has 0 saturated heterocycles. The van der Waals surface area contributed by atoms with Crippen molar-refractivity contribution in [3.8, 4) is 0 Å². The van der Waals surface area contributed by atoms with E-state index in [2.05, 4.69) is 42.2 Å². The van der Waals surface area contributed by atoms with Crippen LogP contribution < -0.4 is 0 Å². The fraction of sp³-hybridized carbons (Fsp3) is 0.318. The molecule has 1 unspecified atom stereocenters. The number of hydrogen-bond donors (Lipinski definition) is 0. The lowest BCUT2D eigenvalue weighted by Gasteiger charge is -2.35. The molecular formula is C22H24FNO. The molecule has 3 heteroatoms. The van der Waals surface area contributed by atoms with Gasteiger partial charge in [-0.3, -0.25) is 9.69 Å². The van der Waals surface area contributed by atoms with Gasteiger partial charge in [-0.1, -0.05) is 42.0 Å². The van der Waals surface area contributed by atoms with Crippen LogP contribution in [0.4, 0.5) is 4.39 Å². The van der Waals surface area contributed by atoms with Gasteiger partial charge in [-0.15, -0.1) is 0 Å². The van der Waals surface area contributed by atoms with E-state index in [1.165, 1.54) is 23.3 Å². The molecular weight excluding hydrogens is 313 g/mol. The van der Waals surface area contributed by atoms with E-state index in [1.807, 2.05) is 6.07 Å². The van der Waals surface area contributed by atoms with Crippen LogP contribution in [0.5, 0.6) is 0 Å². The van der Waals surface area contributed by atoms with Crippen LogP contribution in [0.2, 0.25) is 0 Å². The zero-order chi connectivity index (χ0) is 17.6. The van der Waals surface area contributed by atoms with Crippen LogP contribution in [-0.2, 0) is 0 Å². The van der Waals surface area contributed by atoms with Crippen LogP contribution in [0.15, 0.2) is 66.2 Å². The number of Topliss-reactive ketones (excluding diaryl/α,β-unsaturated/α-hetero) is 1. The molecule has 0 radical (unpaired) electrons. The molecule has 0 amide bonds. The number of rotatable bonds is 6. The maximum atomic E-state index is 13.0. The Labute approximate surface area is 149 Å². The predicted octanol–water partition coefficient (Wildman–Crippen LogP) is 5.18. The Kier molecular flexibility index (Phi) is 5.77. The fourth-order valence-electron chi connectivity index (χ4n) is 3.39. The van der Waals surface area contributed by atoms with Crippen molar-refractivity contribution in [2.75, 3.05) is 13.1 Å². The summed E-state index contributed by atoms with van der Waals surface area (Å²) in [5.41, 5.74) is 3.35. The van der Waals surface area contributed by atoms with Crippen LogP contribution in [0.25, 0.3) is 0 Å². The van der Waals surface area contributed by atoms with Gasteiger partial charge in [0.05, 0.1) is 0 Å². The lowest BCUT2D eigenvalue weighted by atomic mass is 9.94. The third kappa shape index (κ3) is 4.64. The SMILES string of the molecule is CC1=CCN(CCCC(=O)c2ccc(F)cc2)C(c2ccccc2)C1. The Morgan fingerprint density at radius 1 is 1.12 bits per heavy atom. The molecule has 1 heterocycles. The second-order valence-electron chi connectivity index (χ2n) is 6.71. The summed E-state index contributed by atoms with van der Waals surface area (Å²) < 4.78 is 13.0. The minimum absolute atomic E-state index is 0.0833. The van der Waals surface area contributed by atoms with E-state index >= 15 is 0 Å². The monoisotopic (exact) mass is 337 g/mol. The summed E-state index contributed by atoms with van der Waals surface area (Å²) in [7, 11) is 0. The zero-order valence-electron chi connectivity index (χ0n) is 14.6. The highest BCUT2D eigenvalue weighted by atomic mass is 19.1. The molecule has 0 N–H and O–H groups in total. The highest BCUT2D eigenvalue weighted by Gasteiger charge is 2.23. The standard InChI is InChI=1S/C22H24FNO/c1-17-13-15-24(21(16-17)18-6-3-2-4-7-18)14-5-8-22(25)19-9-11-20(23)12-10-19/h2-4,6-7,9-13,21H,5,8,14-16H2,1H3. The molecule has 1 aliphatic rings. The van der Waals surface area contributed by atoms with Crippen molar-refractivity contribution < 1.29 is 9.18 Å². The van der Waals surface area contributed by atoms with Crippen LogP contribution in [-0.4, -0.2) is 23.8 Å². The second-order valence-corrected chi connectivity index (χ2v) is 6.71. The van der Waals surface area contributed by atoms with Gasteiger partial charge in [-0.05, 0) is 56.1 Å². The molecule has 2 nitrogen and oxygen atoms in total. The highest BCUT2D eigenvalue weighted by molar-refractivity contribution is 5.95. The van der Waals surface area contributed by atoms with Gasteiger partial charge >= 0.3 is 0 Å². The number of halogens is 1. The van der Waals surface area contributed by atoms with E-state index in [0.29, 0.717) is 18.0 Å². The largest absolute Gasteiger partial charge is 0.294 e. The first-order valence-corrected chi connectivity index (χ1v) is 8.87. The van der Waals surface area contributed by atoms with Crippen molar-refractivity contribution in [2.45, 2.75) is 32.2 Å². The van der Waals surface area contributed by atoms with E-state index in [9.17, 15) is 9.18 Å². The smallest absolute Gasteiger partial charge is 0.162 e. The summed E-state index contributed by atoms with van der Waals surface area (Å²) in [6, 6.07) is 16.8. The molecule has 0 aliphatic carbocycles. The lowest BCUT2D eigenvalue weighted by molar-refractivity contribution is 0.0970. The molecule has 25 heavy (non-hydrogen) atoms. The Morgan fingerprint density at radius 3 is 2.56 bits per heavy atom. The van der Waals surface area contributed by atoms with Gasteiger partial charge in [-0.25, -0.2) is 4.39 Å². The van der Waals surface area contributed by atoms with E-state index in [1.54, 1.807) is 12.1 Å². The quantitative estimate of drug-likeness (QED) is 0.534. The number of benzene rings is 2. The first-order chi connectivity index (χ1) is 12.1. The molecule has 0 saturated carbocycles. The minimum atomic E-state index is -0.308. The number of ketones is 1. The van der Waals surface area contributed by atoms with Gasteiger partial charge in [0.15, 0.2) is 5.78 Å². The van der Waals surface area contributed by atoms with Gasteiger partial charge in [0.25, 0.3) is 0 Å². The number of nitrogens with zero attached hydrogens (tertiary/aromatic N) is 1. The minimum Gasteiger partial charge on any atom is -0.294 e. The Balaban J connectivity index is 1.59. The van der Waals surface area contributed by atoms with Crippen molar-refractivity contribution in [3.63, 3.8) is 0 Å². The third-order valence-electron chi connectivity index (χ3n) is 4.83. The predicted molar refractivity (Wildman–Crippen MR) is 99.1 cm³/mol. The lowest BCUT2D eigenvalue weighted by Crippen LogP contribution is -2.33. The molecule has 0 fully saturated rings. The van der Waals surface area contributed by atoms with Gasteiger partial charge < -0.3 is 0 Å². The summed E-state index contributed by atoms with van der Waals surface area (Å²) in [5, 5.41) is 0. The van der Waals surface area contributed by atoms with Crippen molar-refractivity contribution in [1.82, 2.24) is 4.90 Å². The maximum Gasteiger partial charge on any atom is 0.162 e. The van der Waals surface area contributed by atoms with Crippen molar-refractivity contribution >= 4 is 5.78 Å². The summed E-state index contributed by atoms with van der Waals surface area (Å²) in [5.74, 6) is -0.224. The number of carbonyl (C=O) groups excluding carboxylic acids is 1. The van der Waals surface area contributed by atoms with Crippen LogP contribution >= 0.6 is 0 Å². The third-order valence-corrected chi connectivity index (χ3v) is 4.83. The van der Waals surface area contributed by atoms with Crippen LogP contribution in [0, 0.1) is 5.82 Å². The molecule has 2 aromatic rings. The first-order valence-electron chi connectivity index (χ1n) is 8.87. The van der Waals surface area contributed by atoms with E-state index in [4.69, 9.17) is 0 Å². The van der Waals surface area contributed by atoms with E-state index < -0.39 is 0 Å². The summed E-state index contributed by atoms with van der Waals surface area (Å²) in [4.78, 5) is 14.7. The number of hydrogen-bond acceptors (Lipinski definition) is 2. The summed E-state index contributed by atoms with van der Waals surface area (Å²) in [6.07, 6.45) is 4.62. The van der Waals surface area contributed by atoms with Gasteiger partial charge in [0, 0.05) is 24.6 Å². The van der Waals surface area contributed by atoms with Gasteiger partial charge in [0.1, 0.15) is 5.82 Å². The Morgan fingerprint density at radius 2 is 1.84 bits per heavy atom. The zero-order valence-corrected chi connectivity index (χ0v) is 14.6. The van der Waals surface area contributed by atoms with Gasteiger partial charge in [-0.2, -0.15) is 0 Å². The Bertz CT molecular complexity index is 736. The molecule has 3 rings (SSSR count). The van der Waals surface area contributed by atoms with E-state index in [-0.39, 0.29) is 11.6 Å². The van der Waals surface area contributed by atoms with Crippen LogP contribution in [0.1, 0.15) is 48.1 Å². The van der Waals surface area contributed by atoms with E-state index in [0.717, 1.165) is 25.9 Å². The topological polar surface area (TPSA) is 20.3 Å². The molecule has 0 aromatic heterocycles. The average molecular weight is 337 g/mol. The highest BCUT2D eigenvalue weighted by Crippen LogP contribution is 2.31. The molecule has 1 atom stereocenters. The van der Waals surface area contributed by atoms with Crippen molar-refractivity contribution in [2.24, 2.45) is 0 Å². The van der Waals surface area contributed by atoms with Crippen molar-refractivity contribution in [3.05, 3.63) is 83.2 Å².